The van der Waals surface area contributed by atoms with Gasteiger partial charge in [-0.15, -0.1) is 0 Å². The molecule has 1 nitrogen and oxygen atoms in total. The molecule has 0 aliphatic heterocycles. The fraction of sp³-hybridized carbons (Fsp3) is 0.400. The predicted octanol–water partition coefficient (Wildman–Crippen LogP) is 2.58. The number of rotatable bonds is 3. The lowest BCUT2D eigenvalue weighted by Gasteiger charge is -2.12. The topological polar surface area (TPSA) is 3.24 Å². The van der Waals surface area contributed by atoms with Gasteiger partial charge in [-0.1, -0.05) is 24.3 Å². The summed E-state index contributed by atoms with van der Waals surface area (Å²) in [5, 5.41) is 0. The Morgan fingerprint density at radius 1 is 1.27 bits per heavy atom. The van der Waals surface area contributed by atoms with Crippen LogP contribution in [-0.4, -0.2) is 19.0 Å². The van der Waals surface area contributed by atoms with Crippen molar-refractivity contribution in [2.45, 2.75) is 13.8 Å². The molecule has 1 heteroatoms. The van der Waals surface area contributed by atoms with Crippen molar-refractivity contribution < 1.29 is 0 Å². The Balaban J connectivity index is 4.22. The molecule has 0 aromatic carbocycles. The third-order valence-corrected chi connectivity index (χ3v) is 1.35. The summed E-state index contributed by atoms with van der Waals surface area (Å²) in [5.41, 5.74) is 2.28. The summed E-state index contributed by atoms with van der Waals surface area (Å²) in [4.78, 5) is 2.07. The molecular formula is C10H17N. The molecule has 0 aromatic rings. The van der Waals surface area contributed by atoms with Crippen LogP contribution in [0.15, 0.2) is 36.1 Å². The van der Waals surface area contributed by atoms with Crippen LogP contribution in [0.3, 0.4) is 0 Å². The molecule has 62 valence electrons. The maximum atomic E-state index is 3.79. The maximum absolute atomic E-state index is 3.79. The highest BCUT2D eigenvalue weighted by Crippen LogP contribution is 2.01. The van der Waals surface area contributed by atoms with Gasteiger partial charge >= 0.3 is 0 Å². The summed E-state index contributed by atoms with van der Waals surface area (Å²) in [6.07, 6.45) is 6.14. The molecule has 0 radical (unpaired) electrons. The Morgan fingerprint density at radius 2 is 1.82 bits per heavy atom. The fourth-order valence-electron chi connectivity index (χ4n) is 0.731. The number of likely N-dealkylation sites (N-methyl/N-ethyl adjacent to an activating group) is 1. The van der Waals surface area contributed by atoms with Gasteiger partial charge in [0, 0.05) is 19.8 Å². The minimum Gasteiger partial charge on any atom is -0.378 e. The molecule has 0 N–H and O–H groups in total. The van der Waals surface area contributed by atoms with E-state index in [9.17, 15) is 0 Å². The molecule has 0 aliphatic rings. The van der Waals surface area contributed by atoms with Crippen molar-refractivity contribution in [3.63, 3.8) is 0 Å². The van der Waals surface area contributed by atoms with Crippen molar-refractivity contribution in [1.82, 2.24) is 4.90 Å². The number of hydrogen-bond donors (Lipinski definition) is 0. The van der Waals surface area contributed by atoms with Crippen molar-refractivity contribution in [3.05, 3.63) is 36.1 Å². The van der Waals surface area contributed by atoms with Gasteiger partial charge in [0.05, 0.1) is 0 Å². The third-order valence-electron chi connectivity index (χ3n) is 1.35. The van der Waals surface area contributed by atoms with Gasteiger partial charge < -0.3 is 4.90 Å². The maximum Gasteiger partial charge on any atom is 0.0317 e. The average Bonchev–Trinajstić information content (AvgIpc) is 1.87. The van der Waals surface area contributed by atoms with E-state index in [1.165, 1.54) is 5.70 Å². The van der Waals surface area contributed by atoms with Gasteiger partial charge in [-0.05, 0) is 19.9 Å². The van der Waals surface area contributed by atoms with Crippen LogP contribution >= 0.6 is 0 Å². The highest BCUT2D eigenvalue weighted by molar-refractivity contribution is 5.23. The first kappa shape index (κ1) is 10.0. The molecule has 0 rings (SSSR count). The Labute approximate surface area is 69.7 Å². The number of allylic oxidation sites excluding steroid dienone is 4. The SMILES string of the molecule is C=C(C)/C=C\C(=C/C)N(C)C. The van der Waals surface area contributed by atoms with E-state index in [0.717, 1.165) is 5.57 Å². The lowest BCUT2D eigenvalue weighted by Crippen LogP contribution is -2.08. The van der Waals surface area contributed by atoms with Crippen LogP contribution in [0.1, 0.15) is 13.8 Å². The summed E-state index contributed by atoms with van der Waals surface area (Å²) in [5.74, 6) is 0. The fourth-order valence-corrected chi connectivity index (χ4v) is 0.731. The highest BCUT2D eigenvalue weighted by atomic mass is 15.1. The normalized spacial score (nSPS) is 12.2. The van der Waals surface area contributed by atoms with Gasteiger partial charge in [-0.2, -0.15) is 0 Å². The van der Waals surface area contributed by atoms with E-state index in [1.54, 1.807) is 0 Å². The van der Waals surface area contributed by atoms with Crippen molar-refractivity contribution >= 4 is 0 Å². The zero-order valence-electron chi connectivity index (χ0n) is 7.89. The molecule has 0 saturated heterocycles. The second-order valence-electron chi connectivity index (χ2n) is 2.79. The summed E-state index contributed by atoms with van der Waals surface area (Å²) in [6.45, 7) is 7.80. The largest absolute Gasteiger partial charge is 0.378 e. The van der Waals surface area contributed by atoms with Gasteiger partial charge in [-0.25, -0.2) is 0 Å². The molecule has 0 unspecified atom stereocenters. The van der Waals surface area contributed by atoms with Crippen LogP contribution in [-0.2, 0) is 0 Å². The van der Waals surface area contributed by atoms with Gasteiger partial charge in [0.1, 0.15) is 0 Å². The molecular weight excluding hydrogens is 134 g/mol. The summed E-state index contributed by atoms with van der Waals surface area (Å²) < 4.78 is 0. The monoisotopic (exact) mass is 151 g/mol. The van der Waals surface area contributed by atoms with E-state index >= 15 is 0 Å². The van der Waals surface area contributed by atoms with Gasteiger partial charge in [0.2, 0.25) is 0 Å². The quantitative estimate of drug-likeness (QED) is 0.560. The predicted molar refractivity (Wildman–Crippen MR) is 51.4 cm³/mol. The highest BCUT2D eigenvalue weighted by Gasteiger charge is 1.89. The first-order valence-corrected chi connectivity index (χ1v) is 3.75. The smallest absolute Gasteiger partial charge is 0.0317 e. The second kappa shape index (κ2) is 4.78. The van der Waals surface area contributed by atoms with E-state index in [-0.39, 0.29) is 0 Å². The zero-order valence-corrected chi connectivity index (χ0v) is 7.89. The first-order chi connectivity index (χ1) is 5.07. The summed E-state index contributed by atoms with van der Waals surface area (Å²) in [6, 6.07) is 0. The second-order valence-corrected chi connectivity index (χ2v) is 2.79. The molecule has 0 saturated carbocycles. The van der Waals surface area contributed by atoms with E-state index in [0.29, 0.717) is 0 Å². The minimum atomic E-state index is 1.08. The van der Waals surface area contributed by atoms with Crippen LogP contribution in [0.25, 0.3) is 0 Å². The Morgan fingerprint density at radius 3 is 2.09 bits per heavy atom. The van der Waals surface area contributed by atoms with Crippen molar-refractivity contribution in [2.24, 2.45) is 0 Å². The van der Waals surface area contributed by atoms with E-state index in [1.807, 2.05) is 34.0 Å². The molecule has 0 bridgehead atoms. The summed E-state index contributed by atoms with van der Waals surface area (Å²) >= 11 is 0. The molecule has 0 spiro atoms. The van der Waals surface area contributed by atoms with E-state index < -0.39 is 0 Å². The molecule has 11 heavy (non-hydrogen) atoms. The minimum absolute atomic E-state index is 1.08. The number of nitrogens with zero attached hydrogens (tertiary/aromatic N) is 1. The van der Waals surface area contributed by atoms with Gasteiger partial charge in [0.25, 0.3) is 0 Å². The first-order valence-electron chi connectivity index (χ1n) is 3.75. The molecule has 0 aliphatic carbocycles. The molecule has 0 atom stereocenters. The zero-order chi connectivity index (χ0) is 8.85. The molecule has 0 heterocycles. The van der Waals surface area contributed by atoms with Gasteiger partial charge in [0.15, 0.2) is 0 Å². The van der Waals surface area contributed by atoms with E-state index in [2.05, 4.69) is 23.6 Å². The van der Waals surface area contributed by atoms with Crippen LogP contribution in [0.2, 0.25) is 0 Å². The molecule has 0 fully saturated rings. The lowest BCUT2D eigenvalue weighted by atomic mass is 10.2. The van der Waals surface area contributed by atoms with E-state index in [4.69, 9.17) is 0 Å². The van der Waals surface area contributed by atoms with Crippen molar-refractivity contribution in [2.75, 3.05) is 14.1 Å². The van der Waals surface area contributed by atoms with Crippen LogP contribution in [0.4, 0.5) is 0 Å². The third kappa shape index (κ3) is 4.43. The van der Waals surface area contributed by atoms with Crippen LogP contribution < -0.4 is 0 Å². The Hall–Kier alpha value is -0.980. The Bertz CT molecular complexity index is 185. The van der Waals surface area contributed by atoms with Crippen molar-refractivity contribution in [3.8, 4) is 0 Å². The molecule has 0 amide bonds. The van der Waals surface area contributed by atoms with Crippen LogP contribution in [0.5, 0.6) is 0 Å². The standard InChI is InChI=1S/C10H17N/c1-6-10(11(4)5)8-7-9(2)3/h6-8H,2H2,1,3-5H3/b8-7-,10-6+. The summed E-state index contributed by atoms with van der Waals surface area (Å²) in [7, 11) is 4.05. The van der Waals surface area contributed by atoms with Crippen molar-refractivity contribution in [1.29, 1.82) is 0 Å². The number of hydrogen-bond acceptors (Lipinski definition) is 1. The van der Waals surface area contributed by atoms with Gasteiger partial charge in [-0.3, -0.25) is 0 Å². The average molecular weight is 151 g/mol. The lowest BCUT2D eigenvalue weighted by molar-refractivity contribution is 0.529. The Kier molecular flexibility index (Phi) is 4.35. The van der Waals surface area contributed by atoms with Crippen LogP contribution in [0, 0.1) is 0 Å². The molecule has 0 aromatic heterocycles.